The van der Waals surface area contributed by atoms with Crippen LogP contribution >= 0.6 is 0 Å². The van der Waals surface area contributed by atoms with E-state index in [1.54, 1.807) is 12.1 Å². The zero-order chi connectivity index (χ0) is 13.0. The molecule has 1 aromatic carbocycles. The predicted octanol–water partition coefficient (Wildman–Crippen LogP) is 1.57. The summed E-state index contributed by atoms with van der Waals surface area (Å²) >= 11 is 0. The molecule has 1 aromatic rings. The van der Waals surface area contributed by atoms with Crippen LogP contribution in [0.1, 0.15) is 35.2 Å². The van der Waals surface area contributed by atoms with Gasteiger partial charge in [0.25, 0.3) is 5.91 Å². The largest absolute Gasteiger partial charge is 0.508 e. The second-order valence-corrected chi connectivity index (χ2v) is 4.85. The average Bonchev–Trinajstić information content (AvgIpc) is 2.61. The van der Waals surface area contributed by atoms with Crippen LogP contribution in [0.4, 0.5) is 0 Å². The van der Waals surface area contributed by atoms with Crippen LogP contribution < -0.4 is 10.6 Å². The molecule has 1 unspecified atom stereocenters. The van der Waals surface area contributed by atoms with E-state index >= 15 is 0 Å². The number of carbonyl (C=O) groups is 1. The molecule has 1 aliphatic rings. The first-order valence-corrected chi connectivity index (χ1v) is 6.48. The molecule has 1 fully saturated rings. The summed E-state index contributed by atoms with van der Waals surface area (Å²) in [4.78, 5) is 12.0. The van der Waals surface area contributed by atoms with Crippen molar-refractivity contribution in [2.75, 3.05) is 13.1 Å². The Morgan fingerprint density at radius 2 is 2.22 bits per heavy atom. The minimum atomic E-state index is -0.0998. The number of benzene rings is 1. The molecule has 98 valence electrons. The van der Waals surface area contributed by atoms with Crippen LogP contribution in [-0.4, -0.2) is 30.1 Å². The molecule has 18 heavy (non-hydrogen) atoms. The molecule has 1 aliphatic heterocycles. The lowest BCUT2D eigenvalue weighted by molar-refractivity contribution is 0.0933. The van der Waals surface area contributed by atoms with Gasteiger partial charge in [0.1, 0.15) is 5.75 Å². The molecule has 2 rings (SSSR count). The molecule has 3 N–H and O–H groups in total. The van der Waals surface area contributed by atoms with Gasteiger partial charge in [-0.1, -0.05) is 6.07 Å². The Labute approximate surface area is 107 Å². The Kier molecular flexibility index (Phi) is 4.20. The van der Waals surface area contributed by atoms with Crippen molar-refractivity contribution in [3.8, 4) is 5.75 Å². The van der Waals surface area contributed by atoms with Gasteiger partial charge in [-0.2, -0.15) is 0 Å². The highest BCUT2D eigenvalue weighted by atomic mass is 16.3. The van der Waals surface area contributed by atoms with E-state index in [-0.39, 0.29) is 17.7 Å². The molecule has 0 bridgehead atoms. The number of carbonyl (C=O) groups excluding carboxylic acids is 1. The third-order valence-corrected chi connectivity index (χ3v) is 3.38. The van der Waals surface area contributed by atoms with Gasteiger partial charge in [0.2, 0.25) is 0 Å². The quantitative estimate of drug-likeness (QED) is 0.744. The van der Waals surface area contributed by atoms with Crippen molar-refractivity contribution in [2.24, 2.45) is 0 Å². The number of phenols is 1. The van der Waals surface area contributed by atoms with Gasteiger partial charge in [0, 0.05) is 11.6 Å². The fourth-order valence-corrected chi connectivity index (χ4v) is 2.18. The van der Waals surface area contributed by atoms with Crippen LogP contribution in [0.3, 0.4) is 0 Å². The fraction of sp³-hybridized carbons (Fsp3) is 0.500. The molecule has 1 amide bonds. The Hall–Kier alpha value is -1.55. The second-order valence-electron chi connectivity index (χ2n) is 4.85. The number of aromatic hydroxyl groups is 1. The minimum Gasteiger partial charge on any atom is -0.508 e. The van der Waals surface area contributed by atoms with Gasteiger partial charge in [-0.05, 0) is 57.0 Å². The molecule has 4 nitrogen and oxygen atoms in total. The number of aryl methyl sites for hydroxylation is 1. The summed E-state index contributed by atoms with van der Waals surface area (Å²) in [5, 5.41) is 16.0. The molecule has 0 radical (unpaired) electrons. The Balaban J connectivity index is 1.99. The molecule has 1 heterocycles. The summed E-state index contributed by atoms with van der Waals surface area (Å²) in [7, 11) is 0. The zero-order valence-electron chi connectivity index (χ0n) is 10.7. The number of amides is 1. The molecule has 1 saturated heterocycles. The Bertz CT molecular complexity index is 424. The van der Waals surface area contributed by atoms with E-state index in [4.69, 9.17) is 0 Å². The van der Waals surface area contributed by atoms with Gasteiger partial charge in [0.15, 0.2) is 0 Å². The zero-order valence-corrected chi connectivity index (χ0v) is 10.7. The van der Waals surface area contributed by atoms with Crippen molar-refractivity contribution in [1.82, 2.24) is 10.6 Å². The van der Waals surface area contributed by atoms with Crippen LogP contribution in [0.15, 0.2) is 18.2 Å². The topological polar surface area (TPSA) is 61.4 Å². The predicted molar refractivity (Wildman–Crippen MR) is 70.8 cm³/mol. The summed E-state index contributed by atoms with van der Waals surface area (Å²) in [6.07, 6.45) is 3.06. The van der Waals surface area contributed by atoms with Crippen molar-refractivity contribution >= 4 is 5.91 Å². The highest BCUT2D eigenvalue weighted by Crippen LogP contribution is 2.17. The first-order valence-electron chi connectivity index (χ1n) is 6.48. The lowest BCUT2D eigenvalue weighted by Crippen LogP contribution is -2.35. The van der Waals surface area contributed by atoms with Crippen LogP contribution in [0.25, 0.3) is 0 Å². The van der Waals surface area contributed by atoms with Gasteiger partial charge >= 0.3 is 0 Å². The number of hydrogen-bond donors (Lipinski definition) is 3. The summed E-state index contributed by atoms with van der Waals surface area (Å²) in [5.41, 5.74) is 1.31. The fourth-order valence-electron chi connectivity index (χ4n) is 2.18. The number of hydrogen-bond acceptors (Lipinski definition) is 3. The maximum absolute atomic E-state index is 12.0. The van der Waals surface area contributed by atoms with E-state index < -0.39 is 0 Å². The molecule has 1 atom stereocenters. The Morgan fingerprint density at radius 1 is 1.39 bits per heavy atom. The van der Waals surface area contributed by atoms with Crippen molar-refractivity contribution in [3.63, 3.8) is 0 Å². The van der Waals surface area contributed by atoms with E-state index in [9.17, 15) is 9.90 Å². The monoisotopic (exact) mass is 248 g/mol. The van der Waals surface area contributed by atoms with Crippen molar-refractivity contribution in [1.29, 1.82) is 0 Å². The SMILES string of the molecule is Cc1ccc(C(=O)NC2CCCNCC2)cc1O. The summed E-state index contributed by atoms with van der Waals surface area (Å²) in [6, 6.07) is 5.27. The summed E-state index contributed by atoms with van der Waals surface area (Å²) in [6.45, 7) is 3.79. The van der Waals surface area contributed by atoms with Crippen molar-refractivity contribution < 1.29 is 9.90 Å². The molecule has 0 aromatic heterocycles. The maximum atomic E-state index is 12.0. The normalized spacial score (nSPS) is 20.2. The highest BCUT2D eigenvalue weighted by Gasteiger charge is 2.15. The van der Waals surface area contributed by atoms with Crippen LogP contribution in [0, 0.1) is 6.92 Å². The second kappa shape index (κ2) is 5.87. The lowest BCUT2D eigenvalue weighted by Gasteiger charge is -2.16. The van der Waals surface area contributed by atoms with E-state index in [0.717, 1.165) is 37.9 Å². The average molecular weight is 248 g/mol. The summed E-state index contributed by atoms with van der Waals surface area (Å²) < 4.78 is 0. The molecule has 4 heteroatoms. The molecule has 0 saturated carbocycles. The Morgan fingerprint density at radius 3 is 3.00 bits per heavy atom. The minimum absolute atomic E-state index is 0.0998. The van der Waals surface area contributed by atoms with E-state index in [2.05, 4.69) is 10.6 Å². The van der Waals surface area contributed by atoms with E-state index in [0.29, 0.717) is 5.56 Å². The first kappa shape index (κ1) is 12.9. The molecule has 0 spiro atoms. The third-order valence-electron chi connectivity index (χ3n) is 3.38. The van der Waals surface area contributed by atoms with Gasteiger partial charge in [-0.15, -0.1) is 0 Å². The van der Waals surface area contributed by atoms with Gasteiger partial charge in [-0.3, -0.25) is 4.79 Å². The van der Waals surface area contributed by atoms with Crippen LogP contribution in [0.2, 0.25) is 0 Å². The standard InChI is InChI=1S/C14H20N2O2/c1-10-4-5-11(9-13(10)17)14(18)16-12-3-2-7-15-8-6-12/h4-5,9,12,15,17H,2-3,6-8H2,1H3,(H,16,18). The van der Waals surface area contributed by atoms with Crippen LogP contribution in [-0.2, 0) is 0 Å². The van der Waals surface area contributed by atoms with Gasteiger partial charge in [0.05, 0.1) is 0 Å². The van der Waals surface area contributed by atoms with Crippen LogP contribution in [0.5, 0.6) is 5.75 Å². The third kappa shape index (κ3) is 3.23. The van der Waals surface area contributed by atoms with E-state index in [1.807, 2.05) is 6.92 Å². The molecular weight excluding hydrogens is 228 g/mol. The van der Waals surface area contributed by atoms with E-state index in [1.165, 1.54) is 6.07 Å². The lowest BCUT2D eigenvalue weighted by atomic mass is 10.1. The van der Waals surface area contributed by atoms with Crippen molar-refractivity contribution in [3.05, 3.63) is 29.3 Å². The highest BCUT2D eigenvalue weighted by molar-refractivity contribution is 5.94. The molecule has 0 aliphatic carbocycles. The molecular formula is C14H20N2O2. The summed E-state index contributed by atoms with van der Waals surface area (Å²) in [5.74, 6) is 0.0717. The first-order chi connectivity index (χ1) is 8.66. The van der Waals surface area contributed by atoms with Crippen molar-refractivity contribution in [2.45, 2.75) is 32.2 Å². The van der Waals surface area contributed by atoms with Gasteiger partial charge < -0.3 is 15.7 Å². The number of nitrogens with one attached hydrogen (secondary N) is 2. The maximum Gasteiger partial charge on any atom is 0.251 e. The smallest absolute Gasteiger partial charge is 0.251 e. The number of phenolic OH excluding ortho intramolecular Hbond substituents is 1. The van der Waals surface area contributed by atoms with Gasteiger partial charge in [-0.25, -0.2) is 0 Å². The number of rotatable bonds is 2.